The van der Waals surface area contributed by atoms with Gasteiger partial charge in [0.05, 0.1) is 12.2 Å². The molecule has 0 bridgehead atoms. The van der Waals surface area contributed by atoms with Gasteiger partial charge in [-0.05, 0) is 0 Å². The third-order valence-electron chi connectivity index (χ3n) is 1.19. The quantitative estimate of drug-likeness (QED) is 0.655. The van der Waals surface area contributed by atoms with Crippen molar-refractivity contribution in [3.8, 4) is 6.07 Å². The van der Waals surface area contributed by atoms with Crippen LogP contribution in [0.2, 0.25) is 0 Å². The molecule has 0 saturated heterocycles. The Morgan fingerprint density at radius 3 is 2.69 bits per heavy atom. The van der Waals surface area contributed by atoms with Gasteiger partial charge in [-0.15, -0.1) is 0 Å². The highest BCUT2D eigenvalue weighted by molar-refractivity contribution is 7.95. The molecule has 1 heterocycles. The van der Waals surface area contributed by atoms with Gasteiger partial charge in [-0.1, -0.05) is 0 Å². The van der Waals surface area contributed by atoms with Crippen LogP contribution in [-0.4, -0.2) is 18.7 Å². The second kappa shape index (κ2) is 3.89. The average molecular weight is 211 g/mol. The highest BCUT2D eigenvalue weighted by atomic mass is 32.2. The summed E-state index contributed by atoms with van der Waals surface area (Å²) in [6.07, 6.45) is 0. The smallest absolute Gasteiger partial charge is 0.418 e. The Balaban J connectivity index is 2.50. The van der Waals surface area contributed by atoms with Crippen LogP contribution in [0.25, 0.3) is 0 Å². The second-order valence-corrected chi connectivity index (χ2v) is 2.91. The second-order valence-electron chi connectivity index (χ2n) is 2.12. The summed E-state index contributed by atoms with van der Waals surface area (Å²) in [4.78, 5) is 0. The van der Waals surface area contributed by atoms with Crippen LogP contribution < -0.4 is 0 Å². The van der Waals surface area contributed by atoms with Gasteiger partial charge in [-0.25, -0.2) is 0 Å². The highest BCUT2D eigenvalue weighted by Crippen LogP contribution is 2.34. The molecule has 1 aliphatic rings. The maximum absolute atomic E-state index is 11.6. The van der Waals surface area contributed by atoms with E-state index in [1.165, 1.54) is 0 Å². The summed E-state index contributed by atoms with van der Waals surface area (Å²) in [5, 5.41) is 8.41. The highest BCUT2D eigenvalue weighted by Gasteiger charge is 2.33. The van der Waals surface area contributed by atoms with Crippen molar-refractivity contribution in [2.24, 2.45) is 0 Å². The Labute approximate surface area is 76.3 Å². The lowest BCUT2D eigenvalue weighted by Crippen LogP contribution is -2.02. The summed E-state index contributed by atoms with van der Waals surface area (Å²) in [5.74, 6) is -0.0511. The molecule has 0 aromatic carbocycles. The molecule has 13 heavy (non-hydrogen) atoms. The normalized spacial score (nSPS) is 17.4. The van der Waals surface area contributed by atoms with Crippen LogP contribution in [-0.2, 0) is 8.92 Å². The van der Waals surface area contributed by atoms with E-state index in [0.29, 0.717) is 0 Å². The monoisotopic (exact) mass is 211 g/mol. The van der Waals surface area contributed by atoms with Crippen LogP contribution in [0.5, 0.6) is 0 Å². The Bertz CT molecular complexity index is 268. The van der Waals surface area contributed by atoms with Crippen molar-refractivity contribution in [3.05, 3.63) is 11.3 Å². The maximum Gasteiger partial charge on any atom is 0.479 e. The van der Waals surface area contributed by atoms with Crippen molar-refractivity contribution >= 4 is 12.0 Å². The van der Waals surface area contributed by atoms with Gasteiger partial charge in [0.25, 0.3) is 0 Å². The van der Waals surface area contributed by atoms with E-state index < -0.39 is 17.6 Å². The molecule has 7 heteroatoms. The summed E-state index contributed by atoms with van der Waals surface area (Å²) in [6, 6.07) is 1.70. The zero-order valence-corrected chi connectivity index (χ0v) is 7.04. The molecule has 0 atom stereocenters. The molecular weight excluding hydrogens is 207 g/mol. The van der Waals surface area contributed by atoms with E-state index in [4.69, 9.17) is 10.00 Å². The van der Waals surface area contributed by atoms with Crippen molar-refractivity contribution < 1.29 is 22.1 Å². The zero-order valence-electron chi connectivity index (χ0n) is 6.22. The van der Waals surface area contributed by atoms with E-state index in [-0.39, 0.29) is 24.5 Å². The minimum absolute atomic E-state index is 0.0181. The minimum atomic E-state index is -4.46. The van der Waals surface area contributed by atoms with E-state index in [2.05, 4.69) is 4.18 Å². The Hall–Kier alpha value is -0.870. The van der Waals surface area contributed by atoms with E-state index in [9.17, 15) is 13.2 Å². The standard InChI is InChI=1S/C6H4F3NO2S/c7-6(8,9)13-12-5-3-11-2-4(5)1-10/h2-3H2. The Morgan fingerprint density at radius 2 is 2.15 bits per heavy atom. The van der Waals surface area contributed by atoms with E-state index in [1.54, 1.807) is 6.07 Å². The van der Waals surface area contributed by atoms with Gasteiger partial charge in [0.15, 0.2) is 17.8 Å². The molecule has 0 aromatic heterocycles. The molecule has 0 spiro atoms. The first kappa shape index (κ1) is 10.2. The fourth-order valence-electron chi connectivity index (χ4n) is 0.680. The minimum Gasteiger partial charge on any atom is -0.418 e. The molecule has 0 aliphatic carbocycles. The maximum atomic E-state index is 11.6. The Kier molecular flexibility index (Phi) is 3.06. The van der Waals surface area contributed by atoms with Gasteiger partial charge >= 0.3 is 5.51 Å². The van der Waals surface area contributed by atoms with Crippen molar-refractivity contribution in [2.45, 2.75) is 5.51 Å². The molecule has 0 fully saturated rings. The summed E-state index contributed by atoms with van der Waals surface area (Å²) in [7, 11) is 0. The molecule has 1 aliphatic heterocycles. The van der Waals surface area contributed by atoms with Crippen molar-refractivity contribution in [3.63, 3.8) is 0 Å². The van der Waals surface area contributed by atoms with E-state index >= 15 is 0 Å². The van der Waals surface area contributed by atoms with Crippen LogP contribution in [0.1, 0.15) is 0 Å². The van der Waals surface area contributed by atoms with Gasteiger partial charge in [0.2, 0.25) is 0 Å². The van der Waals surface area contributed by atoms with Crippen LogP contribution in [0.15, 0.2) is 11.3 Å². The molecule has 0 amide bonds. The van der Waals surface area contributed by atoms with Gasteiger partial charge in [0.1, 0.15) is 12.7 Å². The number of ether oxygens (including phenoxy) is 1. The molecule has 72 valence electrons. The van der Waals surface area contributed by atoms with E-state index in [1.807, 2.05) is 0 Å². The average Bonchev–Trinajstić information content (AvgIpc) is 2.46. The predicted molar refractivity (Wildman–Crippen MR) is 38.2 cm³/mol. The number of halogens is 3. The van der Waals surface area contributed by atoms with Gasteiger partial charge in [-0.3, -0.25) is 0 Å². The topological polar surface area (TPSA) is 42.2 Å². The molecule has 0 N–H and O–H groups in total. The number of nitrogens with zero attached hydrogens (tertiary/aromatic N) is 1. The fraction of sp³-hybridized carbons (Fsp3) is 0.500. The lowest BCUT2D eigenvalue weighted by molar-refractivity contribution is -0.0386. The molecule has 0 radical (unpaired) electrons. The fourth-order valence-corrected chi connectivity index (χ4v) is 1.02. The molecule has 1 rings (SSSR count). The summed E-state index contributed by atoms with van der Waals surface area (Å²) < 4.78 is 43.9. The van der Waals surface area contributed by atoms with Crippen LogP contribution in [0.3, 0.4) is 0 Å². The molecule has 0 unspecified atom stereocenters. The van der Waals surface area contributed by atoms with Gasteiger partial charge < -0.3 is 8.92 Å². The van der Waals surface area contributed by atoms with Crippen molar-refractivity contribution in [1.29, 1.82) is 5.26 Å². The largest absolute Gasteiger partial charge is 0.479 e. The molecule has 0 aromatic rings. The zero-order chi connectivity index (χ0) is 9.90. The lowest BCUT2D eigenvalue weighted by atomic mass is 10.3. The molecular formula is C6H4F3NO2S. The Morgan fingerprint density at radius 1 is 1.46 bits per heavy atom. The number of alkyl halides is 3. The third-order valence-corrected chi connectivity index (χ3v) is 1.66. The third kappa shape index (κ3) is 3.16. The molecule has 0 saturated carbocycles. The number of rotatable bonds is 2. The SMILES string of the molecule is N#CC1=C(OSC(F)(F)F)COC1. The lowest BCUT2D eigenvalue weighted by Gasteiger charge is -2.05. The summed E-state index contributed by atoms with van der Waals surface area (Å²) >= 11 is -0.639. The first-order chi connectivity index (χ1) is 6.03. The predicted octanol–water partition coefficient (Wildman–Crippen LogP) is 1.98. The van der Waals surface area contributed by atoms with Crippen LogP contribution >= 0.6 is 12.0 Å². The van der Waals surface area contributed by atoms with E-state index in [0.717, 1.165) is 0 Å². The molecule has 3 nitrogen and oxygen atoms in total. The van der Waals surface area contributed by atoms with Crippen molar-refractivity contribution in [1.82, 2.24) is 0 Å². The summed E-state index contributed by atoms with van der Waals surface area (Å²) in [5.41, 5.74) is -4.35. The number of hydrogen-bond donors (Lipinski definition) is 0. The number of nitriles is 1. The first-order valence-electron chi connectivity index (χ1n) is 3.15. The summed E-state index contributed by atoms with van der Waals surface area (Å²) in [6.45, 7) is -0.0593. The van der Waals surface area contributed by atoms with Crippen LogP contribution in [0, 0.1) is 11.3 Å². The van der Waals surface area contributed by atoms with Crippen molar-refractivity contribution in [2.75, 3.05) is 13.2 Å². The van der Waals surface area contributed by atoms with Gasteiger partial charge in [0, 0.05) is 0 Å². The number of hydrogen-bond acceptors (Lipinski definition) is 4. The van der Waals surface area contributed by atoms with Gasteiger partial charge in [-0.2, -0.15) is 18.4 Å². The first-order valence-corrected chi connectivity index (χ1v) is 3.89. The van der Waals surface area contributed by atoms with Crippen LogP contribution in [0.4, 0.5) is 13.2 Å².